The lowest BCUT2D eigenvalue weighted by atomic mass is 10.2. The van der Waals surface area contributed by atoms with Gasteiger partial charge in [0.15, 0.2) is 0 Å². The average Bonchev–Trinajstić information content (AvgIpc) is 2.82. The van der Waals surface area contributed by atoms with Crippen molar-refractivity contribution in [2.75, 3.05) is 0 Å². The predicted molar refractivity (Wildman–Crippen MR) is 83.2 cm³/mol. The summed E-state index contributed by atoms with van der Waals surface area (Å²) in [7, 11) is 0. The number of thiophene rings is 1. The van der Waals surface area contributed by atoms with Crippen molar-refractivity contribution in [2.24, 2.45) is 0 Å². The van der Waals surface area contributed by atoms with Crippen molar-refractivity contribution in [2.45, 2.75) is 4.21 Å². The fourth-order valence-corrected chi connectivity index (χ4v) is 3.74. The third-order valence-electron chi connectivity index (χ3n) is 2.65. The van der Waals surface area contributed by atoms with Gasteiger partial charge in [0.05, 0.1) is 4.21 Å². The van der Waals surface area contributed by atoms with Gasteiger partial charge in [-0.2, -0.15) is 0 Å². The Balaban J connectivity index is 1.75. The topological polar surface area (TPSA) is 0 Å². The van der Waals surface area contributed by atoms with Crippen molar-refractivity contribution < 1.29 is 0 Å². The average molecular weight is 268 g/mol. The molecule has 0 unspecified atom stereocenters. The van der Waals surface area contributed by atoms with Gasteiger partial charge in [0.1, 0.15) is 0 Å². The number of hydrogen-bond donors (Lipinski definition) is 0. The molecule has 0 nitrogen and oxygen atoms in total. The summed E-state index contributed by atoms with van der Waals surface area (Å²) in [5, 5.41) is 3.48. The number of fused-ring (bicyclic) bond motifs is 1. The number of rotatable bonds is 3. The van der Waals surface area contributed by atoms with Gasteiger partial charge in [0.25, 0.3) is 0 Å². The van der Waals surface area contributed by atoms with Gasteiger partial charge in [-0.05, 0) is 34.6 Å². The normalized spacial score (nSPS) is 11.3. The first-order chi connectivity index (χ1) is 8.92. The van der Waals surface area contributed by atoms with Gasteiger partial charge < -0.3 is 0 Å². The number of hydrogen-bond acceptors (Lipinski definition) is 2. The minimum Gasteiger partial charge on any atom is -0.128 e. The molecule has 0 spiro atoms. The van der Waals surface area contributed by atoms with Crippen molar-refractivity contribution in [1.29, 1.82) is 0 Å². The first kappa shape index (κ1) is 11.6. The van der Waals surface area contributed by atoms with Crippen molar-refractivity contribution in [3.05, 3.63) is 71.6 Å². The van der Waals surface area contributed by atoms with E-state index in [4.69, 9.17) is 0 Å². The Kier molecular flexibility index (Phi) is 3.49. The third-order valence-corrected chi connectivity index (χ3v) is 4.72. The molecule has 0 saturated carbocycles. The molecule has 0 bridgehead atoms. The second-order valence-electron chi connectivity index (χ2n) is 3.93. The highest BCUT2D eigenvalue weighted by Gasteiger charge is 1.99. The van der Waals surface area contributed by atoms with E-state index in [0.717, 1.165) is 0 Å². The van der Waals surface area contributed by atoms with Crippen LogP contribution in [0, 0.1) is 0 Å². The second-order valence-corrected chi connectivity index (χ2v) is 6.22. The molecule has 0 radical (unpaired) electrons. The van der Waals surface area contributed by atoms with E-state index in [2.05, 4.69) is 66.1 Å². The molecule has 0 aliphatic carbocycles. The summed E-state index contributed by atoms with van der Waals surface area (Å²) < 4.78 is 2.69. The lowest BCUT2D eigenvalue weighted by molar-refractivity contribution is 1.66. The van der Waals surface area contributed by atoms with Crippen LogP contribution < -0.4 is 0 Å². The van der Waals surface area contributed by atoms with E-state index in [9.17, 15) is 0 Å². The molecule has 0 aliphatic heterocycles. The molecule has 0 amide bonds. The zero-order chi connectivity index (χ0) is 12.2. The van der Waals surface area contributed by atoms with Gasteiger partial charge in [-0.25, -0.2) is 0 Å². The van der Waals surface area contributed by atoms with Crippen molar-refractivity contribution in [3.63, 3.8) is 0 Å². The van der Waals surface area contributed by atoms with Crippen LogP contribution in [0.3, 0.4) is 0 Å². The van der Waals surface area contributed by atoms with E-state index in [1.807, 2.05) is 17.4 Å². The monoisotopic (exact) mass is 268 g/mol. The van der Waals surface area contributed by atoms with E-state index in [0.29, 0.717) is 0 Å². The highest BCUT2D eigenvalue weighted by Crippen LogP contribution is 2.33. The Hall–Kier alpha value is -1.51. The van der Waals surface area contributed by atoms with E-state index in [-0.39, 0.29) is 0 Å². The number of benzene rings is 2. The Labute approximate surface area is 115 Å². The summed E-state index contributed by atoms with van der Waals surface area (Å²) in [5.41, 5.74) is 1.24. The van der Waals surface area contributed by atoms with E-state index >= 15 is 0 Å². The van der Waals surface area contributed by atoms with Gasteiger partial charge in [-0.15, -0.1) is 11.3 Å². The predicted octanol–water partition coefficient (Wildman–Crippen LogP) is 5.66. The summed E-state index contributed by atoms with van der Waals surface area (Å²) in [6.45, 7) is 0. The summed E-state index contributed by atoms with van der Waals surface area (Å²) in [5.74, 6) is 0. The van der Waals surface area contributed by atoms with E-state index < -0.39 is 0 Å². The van der Waals surface area contributed by atoms with Crippen LogP contribution in [0.25, 0.3) is 16.2 Å². The molecule has 0 N–H and O–H groups in total. The van der Waals surface area contributed by atoms with Crippen LogP contribution in [-0.2, 0) is 0 Å². The molecule has 88 valence electrons. The van der Waals surface area contributed by atoms with Crippen molar-refractivity contribution in [3.8, 4) is 0 Å². The Bertz CT molecular complexity index is 633. The van der Waals surface area contributed by atoms with Crippen LogP contribution in [0.2, 0.25) is 0 Å². The van der Waals surface area contributed by atoms with Gasteiger partial charge >= 0.3 is 0 Å². The fraction of sp³-hybridized carbons (Fsp3) is 0. The smallest absolute Gasteiger partial charge is 0.0653 e. The van der Waals surface area contributed by atoms with Crippen LogP contribution in [0.5, 0.6) is 0 Å². The molecular weight excluding hydrogens is 256 g/mol. The molecule has 1 aromatic heterocycles. The van der Waals surface area contributed by atoms with Crippen molar-refractivity contribution in [1.82, 2.24) is 0 Å². The SMILES string of the molecule is C(=C/c1ccccc1)/Sc1cc2ccccc2s1. The summed E-state index contributed by atoms with van der Waals surface area (Å²) >= 11 is 3.62. The maximum Gasteiger partial charge on any atom is 0.0653 e. The van der Waals surface area contributed by atoms with E-state index in [1.165, 1.54) is 19.9 Å². The van der Waals surface area contributed by atoms with E-state index in [1.54, 1.807) is 11.8 Å². The molecule has 2 aromatic carbocycles. The maximum absolute atomic E-state index is 2.25. The lowest BCUT2D eigenvalue weighted by Gasteiger charge is -1.90. The van der Waals surface area contributed by atoms with Crippen LogP contribution in [0.15, 0.2) is 70.3 Å². The van der Waals surface area contributed by atoms with Gasteiger partial charge in [0.2, 0.25) is 0 Å². The number of thioether (sulfide) groups is 1. The molecule has 0 atom stereocenters. The zero-order valence-electron chi connectivity index (χ0n) is 9.74. The molecule has 3 rings (SSSR count). The highest BCUT2D eigenvalue weighted by molar-refractivity contribution is 8.04. The minimum absolute atomic E-state index is 1.24. The molecule has 0 fully saturated rings. The molecule has 0 aliphatic rings. The summed E-state index contributed by atoms with van der Waals surface area (Å²) in [6.07, 6.45) is 2.15. The molecule has 2 heteroatoms. The van der Waals surface area contributed by atoms with Gasteiger partial charge in [-0.3, -0.25) is 0 Å². The Morgan fingerprint density at radius 1 is 0.889 bits per heavy atom. The van der Waals surface area contributed by atoms with Gasteiger partial charge in [-0.1, -0.05) is 60.3 Å². The quantitative estimate of drug-likeness (QED) is 0.552. The lowest BCUT2D eigenvalue weighted by Crippen LogP contribution is -1.66. The zero-order valence-corrected chi connectivity index (χ0v) is 11.4. The maximum atomic E-state index is 2.25. The fourth-order valence-electron chi connectivity index (χ4n) is 1.76. The second kappa shape index (κ2) is 5.42. The molecule has 18 heavy (non-hydrogen) atoms. The van der Waals surface area contributed by atoms with Crippen molar-refractivity contribution >= 4 is 39.3 Å². The van der Waals surface area contributed by atoms with Crippen LogP contribution in [0.4, 0.5) is 0 Å². The van der Waals surface area contributed by atoms with Crippen LogP contribution in [0.1, 0.15) is 5.56 Å². The molecule has 0 saturated heterocycles. The molecular formula is C16H12S2. The first-order valence-corrected chi connectivity index (χ1v) is 7.48. The molecule has 1 heterocycles. The Morgan fingerprint density at radius 2 is 1.67 bits per heavy atom. The molecule has 3 aromatic rings. The summed E-state index contributed by atoms with van der Waals surface area (Å²) in [4.78, 5) is 0. The Morgan fingerprint density at radius 3 is 2.50 bits per heavy atom. The standard InChI is InChI=1S/C16H12S2/c1-2-6-13(7-3-1)10-11-17-16-12-14-8-4-5-9-15(14)18-16/h1-12H/b11-10-. The minimum atomic E-state index is 1.24. The van der Waals surface area contributed by atoms with Crippen LogP contribution in [-0.4, -0.2) is 0 Å². The first-order valence-electron chi connectivity index (χ1n) is 5.79. The summed E-state index contributed by atoms with van der Waals surface area (Å²) in [6, 6.07) is 21.1. The third kappa shape index (κ3) is 2.66. The largest absolute Gasteiger partial charge is 0.128 e. The highest BCUT2D eigenvalue weighted by atomic mass is 32.2. The van der Waals surface area contributed by atoms with Crippen LogP contribution >= 0.6 is 23.1 Å². The van der Waals surface area contributed by atoms with Gasteiger partial charge in [0, 0.05) is 4.70 Å².